The van der Waals surface area contributed by atoms with Crippen LogP contribution in [0.3, 0.4) is 0 Å². The number of likely N-dealkylation sites (tertiary alicyclic amines) is 1. The van der Waals surface area contributed by atoms with Gasteiger partial charge in [0.1, 0.15) is 11.5 Å². The zero-order chi connectivity index (χ0) is 20.9. The molecule has 30 heavy (non-hydrogen) atoms. The van der Waals surface area contributed by atoms with Gasteiger partial charge in [0.05, 0.1) is 30.0 Å². The molecule has 0 spiro atoms. The van der Waals surface area contributed by atoms with E-state index in [1.165, 1.54) is 18.5 Å². The third-order valence-corrected chi connectivity index (χ3v) is 5.55. The molecule has 0 radical (unpaired) electrons. The quantitative estimate of drug-likeness (QED) is 0.710. The second-order valence-corrected chi connectivity index (χ2v) is 7.56. The molecule has 0 aliphatic carbocycles. The lowest BCUT2D eigenvalue weighted by Gasteiger charge is -2.41. The summed E-state index contributed by atoms with van der Waals surface area (Å²) >= 11 is 0. The summed E-state index contributed by atoms with van der Waals surface area (Å²) < 4.78 is 5.79. The van der Waals surface area contributed by atoms with Crippen LogP contribution < -0.4 is 10.1 Å². The van der Waals surface area contributed by atoms with Crippen molar-refractivity contribution >= 4 is 11.8 Å². The molecule has 156 valence electrons. The molecule has 2 amide bonds. The molecule has 3 heterocycles. The van der Waals surface area contributed by atoms with E-state index >= 15 is 0 Å². The van der Waals surface area contributed by atoms with Crippen molar-refractivity contribution in [2.24, 2.45) is 0 Å². The van der Waals surface area contributed by atoms with Crippen LogP contribution in [-0.2, 0) is 0 Å². The number of amides is 2. The average Bonchev–Trinajstić information content (AvgIpc) is 2.75. The summed E-state index contributed by atoms with van der Waals surface area (Å²) in [6, 6.07) is 8.28. The molecule has 0 unspecified atom stereocenters. The highest BCUT2D eigenvalue weighted by Gasteiger charge is 2.35. The lowest BCUT2D eigenvalue weighted by Crippen LogP contribution is -2.57. The smallest absolute Gasteiger partial charge is 0.255 e. The van der Waals surface area contributed by atoms with Crippen molar-refractivity contribution in [3.05, 3.63) is 66.0 Å². The Bertz CT molecular complexity index is 959. The number of hydrogen-bond acceptors (Lipinski definition) is 5. The standard InChI is InChI=1S/C23H25N3O4/c27-17-13-16(14-24-15-17)23(29)26-11-6-8-19-20(26)9-2-1-5-12-30-21-10-4-3-7-18(21)22(28)25-19/h1-4,7,10,13-15,19-20,27H,5-6,8-9,11-12H2,(H,25,28)/b2-1+/t19-,20-/m0/s1. The van der Waals surface area contributed by atoms with Crippen LogP contribution >= 0.6 is 0 Å². The lowest BCUT2D eigenvalue weighted by molar-refractivity contribution is 0.0530. The topological polar surface area (TPSA) is 91.8 Å². The summed E-state index contributed by atoms with van der Waals surface area (Å²) in [5, 5.41) is 12.8. The summed E-state index contributed by atoms with van der Waals surface area (Å²) in [6.07, 6.45) is 9.78. The van der Waals surface area contributed by atoms with Crippen molar-refractivity contribution in [1.29, 1.82) is 0 Å². The number of nitrogens with one attached hydrogen (secondary N) is 1. The molecule has 1 saturated heterocycles. The minimum absolute atomic E-state index is 0.0436. The molecule has 2 N–H and O–H groups in total. The van der Waals surface area contributed by atoms with Crippen LogP contribution in [0, 0.1) is 0 Å². The molecule has 4 rings (SSSR count). The number of para-hydroxylation sites is 1. The van der Waals surface area contributed by atoms with Crippen molar-refractivity contribution in [2.75, 3.05) is 13.2 Å². The van der Waals surface area contributed by atoms with Crippen LogP contribution in [0.5, 0.6) is 11.5 Å². The van der Waals surface area contributed by atoms with Gasteiger partial charge < -0.3 is 20.1 Å². The SMILES string of the molecule is O=C1N[C@H]2CCCN(C(=O)c3cncc(O)c3)[C@H]2C/C=C/CCOc2ccccc21. The van der Waals surface area contributed by atoms with Crippen LogP contribution in [0.2, 0.25) is 0 Å². The van der Waals surface area contributed by atoms with Crippen LogP contribution in [0.4, 0.5) is 0 Å². The number of aromatic nitrogens is 1. The summed E-state index contributed by atoms with van der Waals surface area (Å²) in [5.74, 6) is 0.137. The second-order valence-electron chi connectivity index (χ2n) is 7.56. The van der Waals surface area contributed by atoms with Crippen LogP contribution in [0.1, 0.15) is 46.4 Å². The first-order valence-electron chi connectivity index (χ1n) is 10.3. The first kappa shape index (κ1) is 19.9. The van der Waals surface area contributed by atoms with Gasteiger partial charge in [-0.05, 0) is 43.9 Å². The molecule has 1 aromatic carbocycles. The molecule has 0 bridgehead atoms. The fourth-order valence-electron chi connectivity index (χ4n) is 4.10. The number of rotatable bonds is 1. The third kappa shape index (κ3) is 4.30. The molecule has 1 fully saturated rings. The molecule has 2 atom stereocenters. The molecule has 7 heteroatoms. The van der Waals surface area contributed by atoms with E-state index in [0.29, 0.717) is 36.4 Å². The minimum atomic E-state index is -0.196. The third-order valence-electron chi connectivity index (χ3n) is 5.55. The molecular weight excluding hydrogens is 382 g/mol. The van der Waals surface area contributed by atoms with E-state index in [-0.39, 0.29) is 29.6 Å². The molecule has 0 saturated carbocycles. The zero-order valence-corrected chi connectivity index (χ0v) is 16.7. The van der Waals surface area contributed by atoms with Crippen LogP contribution in [0.25, 0.3) is 0 Å². The maximum atomic E-state index is 13.2. The van der Waals surface area contributed by atoms with E-state index in [4.69, 9.17) is 4.74 Å². The van der Waals surface area contributed by atoms with E-state index in [9.17, 15) is 14.7 Å². The van der Waals surface area contributed by atoms with Gasteiger partial charge in [0.15, 0.2) is 0 Å². The van der Waals surface area contributed by atoms with Gasteiger partial charge in [0.2, 0.25) is 0 Å². The maximum Gasteiger partial charge on any atom is 0.255 e. The molecular formula is C23H25N3O4. The van der Waals surface area contributed by atoms with Gasteiger partial charge >= 0.3 is 0 Å². The van der Waals surface area contributed by atoms with Gasteiger partial charge in [0, 0.05) is 18.8 Å². The highest BCUT2D eigenvalue weighted by molar-refractivity contribution is 5.97. The number of carbonyl (C=O) groups is 2. The van der Waals surface area contributed by atoms with Gasteiger partial charge in [-0.15, -0.1) is 0 Å². The van der Waals surface area contributed by atoms with Gasteiger partial charge in [0.25, 0.3) is 11.8 Å². The monoisotopic (exact) mass is 407 g/mol. The normalized spacial score (nSPS) is 22.9. The van der Waals surface area contributed by atoms with E-state index in [1.807, 2.05) is 18.2 Å². The largest absolute Gasteiger partial charge is 0.506 e. The predicted molar refractivity (Wildman–Crippen MR) is 112 cm³/mol. The van der Waals surface area contributed by atoms with E-state index in [0.717, 1.165) is 19.3 Å². The van der Waals surface area contributed by atoms with Gasteiger partial charge in [-0.3, -0.25) is 14.6 Å². The number of nitrogens with zero attached hydrogens (tertiary/aromatic N) is 2. The van der Waals surface area contributed by atoms with E-state index < -0.39 is 0 Å². The van der Waals surface area contributed by atoms with Crippen molar-refractivity contribution < 1.29 is 19.4 Å². The van der Waals surface area contributed by atoms with Crippen molar-refractivity contribution in [2.45, 2.75) is 37.8 Å². The van der Waals surface area contributed by atoms with E-state index in [1.54, 1.807) is 17.0 Å². The summed E-state index contributed by atoms with van der Waals surface area (Å²) in [5.41, 5.74) is 0.845. The number of fused-ring (bicyclic) bond motifs is 2. The Morgan fingerprint density at radius 2 is 2.10 bits per heavy atom. The second kappa shape index (κ2) is 8.98. The number of benzene rings is 1. The molecule has 2 aliphatic heterocycles. The maximum absolute atomic E-state index is 13.2. The fraction of sp³-hybridized carbons (Fsp3) is 0.348. The molecule has 1 aromatic heterocycles. The Kier molecular flexibility index (Phi) is 5.97. The van der Waals surface area contributed by atoms with E-state index in [2.05, 4.69) is 16.4 Å². The Balaban J connectivity index is 1.63. The zero-order valence-electron chi connectivity index (χ0n) is 16.7. The highest BCUT2D eigenvalue weighted by atomic mass is 16.5. The van der Waals surface area contributed by atoms with Crippen LogP contribution in [-0.4, -0.2) is 52.0 Å². The average molecular weight is 407 g/mol. The number of hydrogen-bond donors (Lipinski definition) is 2. The van der Waals surface area contributed by atoms with Crippen molar-refractivity contribution in [3.8, 4) is 11.5 Å². The molecule has 2 aromatic rings. The molecule has 7 nitrogen and oxygen atoms in total. The van der Waals surface area contributed by atoms with Gasteiger partial charge in [-0.25, -0.2) is 0 Å². The van der Waals surface area contributed by atoms with Crippen LogP contribution in [0.15, 0.2) is 54.9 Å². The number of carbonyl (C=O) groups excluding carboxylic acids is 2. The first-order chi connectivity index (χ1) is 14.6. The Labute approximate surface area is 175 Å². The number of ether oxygens (including phenoxy) is 1. The number of aromatic hydroxyl groups is 1. The number of pyridine rings is 1. The van der Waals surface area contributed by atoms with Crippen molar-refractivity contribution in [1.82, 2.24) is 15.2 Å². The lowest BCUT2D eigenvalue weighted by atomic mass is 9.92. The predicted octanol–water partition coefficient (Wildman–Crippen LogP) is 2.92. The Morgan fingerprint density at radius 3 is 2.97 bits per heavy atom. The fourth-order valence-corrected chi connectivity index (χ4v) is 4.10. The first-order valence-corrected chi connectivity index (χ1v) is 10.3. The highest BCUT2D eigenvalue weighted by Crippen LogP contribution is 2.26. The minimum Gasteiger partial charge on any atom is -0.506 e. The Hall–Kier alpha value is -3.35. The Morgan fingerprint density at radius 1 is 1.23 bits per heavy atom. The summed E-state index contributed by atoms with van der Waals surface area (Å²) in [6.45, 7) is 1.07. The van der Waals surface area contributed by atoms with Gasteiger partial charge in [-0.1, -0.05) is 24.3 Å². The summed E-state index contributed by atoms with van der Waals surface area (Å²) in [4.78, 5) is 31.9. The molecule has 2 aliphatic rings. The van der Waals surface area contributed by atoms with Gasteiger partial charge in [-0.2, -0.15) is 0 Å². The number of piperidine rings is 1. The summed E-state index contributed by atoms with van der Waals surface area (Å²) in [7, 11) is 0. The van der Waals surface area contributed by atoms with Crippen molar-refractivity contribution in [3.63, 3.8) is 0 Å².